The van der Waals surface area contributed by atoms with Crippen molar-refractivity contribution in [3.05, 3.63) is 23.9 Å². The number of pyridine rings is 1. The molecule has 1 unspecified atom stereocenters. The second-order valence-electron chi connectivity index (χ2n) is 5.09. The van der Waals surface area contributed by atoms with E-state index < -0.39 is 11.7 Å². The van der Waals surface area contributed by atoms with Crippen LogP contribution in [0.2, 0.25) is 0 Å². The predicted molar refractivity (Wildman–Crippen MR) is 67.8 cm³/mol. The molecule has 2 N–H and O–H groups in total. The molecule has 0 amide bonds. The molecule has 3 nitrogen and oxygen atoms in total. The lowest BCUT2D eigenvalue weighted by Crippen LogP contribution is -2.40. The van der Waals surface area contributed by atoms with Gasteiger partial charge in [-0.15, -0.1) is 0 Å². The van der Waals surface area contributed by atoms with Crippen molar-refractivity contribution in [1.29, 1.82) is 0 Å². The van der Waals surface area contributed by atoms with Crippen LogP contribution in [0.25, 0.3) is 0 Å². The summed E-state index contributed by atoms with van der Waals surface area (Å²) in [6.07, 6.45) is -1.51. The summed E-state index contributed by atoms with van der Waals surface area (Å²) in [5, 5.41) is 0. The van der Waals surface area contributed by atoms with Gasteiger partial charge in [0.15, 0.2) is 0 Å². The summed E-state index contributed by atoms with van der Waals surface area (Å²) in [6, 6.07) is 2.69. The van der Waals surface area contributed by atoms with Gasteiger partial charge in [0.2, 0.25) is 0 Å². The van der Waals surface area contributed by atoms with Gasteiger partial charge in [0.1, 0.15) is 5.82 Å². The van der Waals surface area contributed by atoms with Gasteiger partial charge in [-0.2, -0.15) is 13.2 Å². The van der Waals surface area contributed by atoms with Crippen LogP contribution in [0.15, 0.2) is 18.3 Å². The molecule has 0 spiro atoms. The normalized spacial score (nSPS) is 19.5. The highest BCUT2D eigenvalue weighted by Crippen LogP contribution is 2.30. The average molecular weight is 273 g/mol. The number of aromatic nitrogens is 1. The van der Waals surface area contributed by atoms with Crippen molar-refractivity contribution in [2.45, 2.75) is 32.0 Å². The molecule has 106 valence electrons. The first-order valence-electron chi connectivity index (χ1n) is 6.41. The molecular weight excluding hydrogens is 255 g/mol. The summed E-state index contributed by atoms with van der Waals surface area (Å²) >= 11 is 0. The molecule has 1 aromatic rings. The van der Waals surface area contributed by atoms with E-state index in [9.17, 15) is 13.2 Å². The fourth-order valence-corrected chi connectivity index (χ4v) is 2.40. The third kappa shape index (κ3) is 3.37. The van der Waals surface area contributed by atoms with Gasteiger partial charge in [0.25, 0.3) is 0 Å². The van der Waals surface area contributed by atoms with Crippen LogP contribution in [0.1, 0.15) is 25.3 Å². The van der Waals surface area contributed by atoms with Crippen molar-refractivity contribution in [3.8, 4) is 0 Å². The van der Waals surface area contributed by atoms with Crippen LogP contribution in [0.3, 0.4) is 0 Å². The van der Waals surface area contributed by atoms with Crippen molar-refractivity contribution in [1.82, 2.24) is 4.98 Å². The second-order valence-corrected chi connectivity index (χ2v) is 5.09. The average Bonchev–Trinajstić information content (AvgIpc) is 2.38. The van der Waals surface area contributed by atoms with Gasteiger partial charge in [0, 0.05) is 25.3 Å². The van der Waals surface area contributed by atoms with E-state index in [1.165, 1.54) is 6.07 Å². The molecular formula is C13H18F3N3. The molecule has 2 heterocycles. The Balaban J connectivity index is 2.00. The second kappa shape index (κ2) is 5.36. The number of piperidine rings is 1. The van der Waals surface area contributed by atoms with E-state index in [4.69, 9.17) is 5.73 Å². The Morgan fingerprint density at radius 3 is 2.37 bits per heavy atom. The Kier molecular flexibility index (Phi) is 3.99. The molecule has 6 heteroatoms. The van der Waals surface area contributed by atoms with Crippen LogP contribution < -0.4 is 10.6 Å². The molecule has 19 heavy (non-hydrogen) atoms. The van der Waals surface area contributed by atoms with Gasteiger partial charge >= 0.3 is 6.18 Å². The van der Waals surface area contributed by atoms with Gasteiger partial charge in [0.05, 0.1) is 5.56 Å². The maximum Gasteiger partial charge on any atom is 0.417 e. The maximum absolute atomic E-state index is 12.4. The highest BCUT2D eigenvalue weighted by molar-refractivity contribution is 5.40. The Labute approximate surface area is 110 Å². The van der Waals surface area contributed by atoms with E-state index in [2.05, 4.69) is 4.98 Å². The number of nitrogens with zero attached hydrogens (tertiary/aromatic N) is 2. The van der Waals surface area contributed by atoms with Crippen LogP contribution in [-0.2, 0) is 6.18 Å². The molecule has 0 radical (unpaired) electrons. The fourth-order valence-electron chi connectivity index (χ4n) is 2.40. The topological polar surface area (TPSA) is 42.1 Å². The van der Waals surface area contributed by atoms with Crippen molar-refractivity contribution in [3.63, 3.8) is 0 Å². The van der Waals surface area contributed by atoms with Crippen LogP contribution in [0.5, 0.6) is 0 Å². The molecule has 1 saturated heterocycles. The molecule has 0 aliphatic carbocycles. The summed E-state index contributed by atoms with van der Waals surface area (Å²) in [5.74, 6) is 1.10. The number of anilines is 1. The smallest absolute Gasteiger partial charge is 0.357 e. The molecule has 1 aromatic heterocycles. The Hall–Kier alpha value is -1.30. The number of nitrogens with two attached hydrogens (primary N) is 1. The Morgan fingerprint density at radius 1 is 1.32 bits per heavy atom. The zero-order chi connectivity index (χ0) is 14.0. The first-order valence-corrected chi connectivity index (χ1v) is 6.41. The molecule has 0 bridgehead atoms. The number of halogens is 3. The Morgan fingerprint density at radius 2 is 1.95 bits per heavy atom. The van der Waals surface area contributed by atoms with E-state index in [0.717, 1.165) is 38.2 Å². The predicted octanol–water partition coefficient (Wildman–Crippen LogP) is 2.66. The molecule has 2 rings (SSSR count). The number of rotatable bonds is 2. The van der Waals surface area contributed by atoms with E-state index in [0.29, 0.717) is 11.7 Å². The highest BCUT2D eigenvalue weighted by Gasteiger charge is 2.31. The molecule has 1 aliphatic rings. The highest BCUT2D eigenvalue weighted by atomic mass is 19.4. The monoisotopic (exact) mass is 273 g/mol. The summed E-state index contributed by atoms with van der Waals surface area (Å²) in [6.45, 7) is 3.59. The zero-order valence-corrected chi connectivity index (χ0v) is 10.8. The van der Waals surface area contributed by atoms with E-state index >= 15 is 0 Å². The Bertz CT molecular complexity index is 406. The maximum atomic E-state index is 12.4. The zero-order valence-electron chi connectivity index (χ0n) is 10.8. The number of alkyl halides is 3. The van der Waals surface area contributed by atoms with Crippen molar-refractivity contribution in [2.24, 2.45) is 11.7 Å². The SMILES string of the molecule is CC(N)C1CCN(c2ccc(C(F)(F)F)cn2)CC1. The minimum absolute atomic E-state index is 0.169. The van der Waals surface area contributed by atoms with Gasteiger partial charge in [-0.05, 0) is 37.8 Å². The van der Waals surface area contributed by atoms with Crippen molar-refractivity contribution < 1.29 is 13.2 Å². The van der Waals surface area contributed by atoms with E-state index in [-0.39, 0.29) is 6.04 Å². The fraction of sp³-hybridized carbons (Fsp3) is 0.615. The first kappa shape index (κ1) is 14.1. The third-order valence-electron chi connectivity index (χ3n) is 3.68. The molecule has 1 fully saturated rings. The standard InChI is InChI=1S/C13H18F3N3/c1-9(17)10-4-6-19(7-5-10)12-3-2-11(8-18-12)13(14,15)16/h2-3,8-10H,4-7,17H2,1H3. The van der Waals surface area contributed by atoms with Crippen molar-refractivity contribution >= 4 is 5.82 Å². The lowest BCUT2D eigenvalue weighted by atomic mass is 9.91. The lowest BCUT2D eigenvalue weighted by molar-refractivity contribution is -0.137. The minimum atomic E-state index is -4.33. The van der Waals surface area contributed by atoms with Gasteiger partial charge in [-0.25, -0.2) is 4.98 Å². The van der Waals surface area contributed by atoms with E-state index in [1.54, 1.807) is 0 Å². The van der Waals surface area contributed by atoms with Crippen LogP contribution in [-0.4, -0.2) is 24.1 Å². The molecule has 1 aliphatic heterocycles. The summed E-state index contributed by atoms with van der Waals surface area (Å²) in [7, 11) is 0. The van der Waals surface area contributed by atoms with Gasteiger partial charge < -0.3 is 10.6 Å². The van der Waals surface area contributed by atoms with Crippen LogP contribution >= 0.6 is 0 Å². The summed E-state index contributed by atoms with van der Waals surface area (Å²) in [4.78, 5) is 5.93. The molecule has 1 atom stereocenters. The minimum Gasteiger partial charge on any atom is -0.357 e. The summed E-state index contributed by atoms with van der Waals surface area (Å²) < 4.78 is 37.3. The quantitative estimate of drug-likeness (QED) is 0.900. The largest absolute Gasteiger partial charge is 0.417 e. The van der Waals surface area contributed by atoms with Gasteiger partial charge in [-0.3, -0.25) is 0 Å². The lowest BCUT2D eigenvalue weighted by Gasteiger charge is -2.34. The molecule has 0 saturated carbocycles. The molecule has 0 aromatic carbocycles. The first-order chi connectivity index (χ1) is 8.88. The van der Waals surface area contributed by atoms with Crippen LogP contribution in [0.4, 0.5) is 19.0 Å². The number of hydrogen-bond acceptors (Lipinski definition) is 3. The van der Waals surface area contributed by atoms with Crippen molar-refractivity contribution in [2.75, 3.05) is 18.0 Å². The van der Waals surface area contributed by atoms with Crippen LogP contribution in [0, 0.1) is 5.92 Å². The van der Waals surface area contributed by atoms with Gasteiger partial charge in [-0.1, -0.05) is 0 Å². The summed E-state index contributed by atoms with van der Waals surface area (Å²) in [5.41, 5.74) is 5.15. The third-order valence-corrected chi connectivity index (χ3v) is 3.68. The van der Waals surface area contributed by atoms with E-state index in [1.807, 2.05) is 11.8 Å². The number of hydrogen-bond donors (Lipinski definition) is 1.